The molecule has 1 saturated heterocycles. The lowest BCUT2D eigenvalue weighted by atomic mass is 10.2. The van der Waals surface area contributed by atoms with Crippen LogP contribution in [0, 0.1) is 0 Å². The van der Waals surface area contributed by atoms with Crippen LogP contribution in [0.2, 0.25) is 0 Å². The van der Waals surface area contributed by atoms with E-state index in [-0.39, 0.29) is 0 Å². The molecule has 1 N–H and O–H groups in total. The van der Waals surface area contributed by atoms with E-state index in [1.165, 1.54) is 5.56 Å². The molecule has 4 nitrogen and oxygen atoms in total. The van der Waals surface area contributed by atoms with E-state index >= 15 is 0 Å². The fourth-order valence-corrected chi connectivity index (χ4v) is 2.12. The smallest absolute Gasteiger partial charge is 0.0576 e. The molecule has 0 aromatic heterocycles. The van der Waals surface area contributed by atoms with Gasteiger partial charge in [-0.2, -0.15) is 0 Å². The molecule has 2 rings (SSSR count). The summed E-state index contributed by atoms with van der Waals surface area (Å²) in [4.78, 5) is 4.75. The van der Waals surface area contributed by atoms with Crippen molar-refractivity contribution in [2.75, 3.05) is 32.7 Å². The maximum atomic E-state index is 8.38. The highest BCUT2D eigenvalue weighted by molar-refractivity contribution is 5.58. The van der Waals surface area contributed by atoms with Crippen LogP contribution in [0.4, 0.5) is 0 Å². The Morgan fingerprint density at radius 2 is 1.71 bits per heavy atom. The first kappa shape index (κ1) is 12.1. The van der Waals surface area contributed by atoms with Crippen LogP contribution in [-0.4, -0.2) is 53.9 Å². The minimum absolute atomic E-state index is 0.746. The van der Waals surface area contributed by atoms with Crippen LogP contribution < -0.4 is 0 Å². The molecule has 0 aliphatic carbocycles. The van der Waals surface area contributed by atoms with Crippen molar-refractivity contribution in [1.29, 1.82) is 0 Å². The Kier molecular flexibility index (Phi) is 4.53. The van der Waals surface area contributed by atoms with Crippen molar-refractivity contribution in [3.8, 4) is 0 Å². The fraction of sp³-hybridized carbons (Fsp3) is 0.462. The normalized spacial score (nSPS) is 18.8. The van der Waals surface area contributed by atoms with Crippen molar-refractivity contribution in [3.63, 3.8) is 0 Å². The lowest BCUT2D eigenvalue weighted by molar-refractivity contribution is 0.140. The average Bonchev–Trinajstić information content (AvgIpc) is 2.39. The van der Waals surface area contributed by atoms with Gasteiger partial charge in [0.15, 0.2) is 0 Å². The predicted octanol–water partition coefficient (Wildman–Crippen LogP) is 1.26. The molecule has 0 bridgehead atoms. The standard InChI is InChI=1S/C13H19N3O/c17-14-6-7-15-8-10-16(11-9-15)12-13-4-2-1-3-5-13/h1-6,17H,7-12H2/b14-6+. The fourth-order valence-electron chi connectivity index (χ4n) is 2.12. The third-order valence-electron chi connectivity index (χ3n) is 3.14. The molecule has 0 atom stereocenters. The third kappa shape index (κ3) is 3.84. The van der Waals surface area contributed by atoms with Crippen LogP contribution in [0.15, 0.2) is 35.5 Å². The van der Waals surface area contributed by atoms with Crippen molar-refractivity contribution in [2.45, 2.75) is 6.54 Å². The van der Waals surface area contributed by atoms with Gasteiger partial charge in [-0.05, 0) is 5.56 Å². The lowest BCUT2D eigenvalue weighted by Crippen LogP contribution is -2.46. The molecular weight excluding hydrogens is 214 g/mol. The van der Waals surface area contributed by atoms with Gasteiger partial charge in [-0.1, -0.05) is 30.3 Å². The molecule has 1 fully saturated rings. The van der Waals surface area contributed by atoms with Gasteiger partial charge in [0.1, 0.15) is 0 Å². The molecular formula is C13H19N3O. The first-order chi connectivity index (χ1) is 8.38. The van der Waals surface area contributed by atoms with E-state index in [1.54, 1.807) is 6.21 Å². The zero-order valence-corrected chi connectivity index (χ0v) is 10.00. The topological polar surface area (TPSA) is 39.1 Å². The van der Waals surface area contributed by atoms with Crippen LogP contribution in [0.3, 0.4) is 0 Å². The van der Waals surface area contributed by atoms with Gasteiger partial charge in [0.25, 0.3) is 0 Å². The highest BCUT2D eigenvalue weighted by Crippen LogP contribution is 2.07. The minimum atomic E-state index is 0.746. The Bertz CT molecular complexity index is 345. The number of piperazine rings is 1. The summed E-state index contributed by atoms with van der Waals surface area (Å²) >= 11 is 0. The summed E-state index contributed by atoms with van der Waals surface area (Å²) in [5.41, 5.74) is 1.37. The molecule has 17 heavy (non-hydrogen) atoms. The van der Waals surface area contributed by atoms with Crippen molar-refractivity contribution in [2.24, 2.45) is 5.16 Å². The van der Waals surface area contributed by atoms with Gasteiger partial charge in [0.2, 0.25) is 0 Å². The molecule has 4 heteroatoms. The highest BCUT2D eigenvalue weighted by atomic mass is 16.4. The summed E-state index contributed by atoms with van der Waals surface area (Å²) in [5, 5.41) is 11.4. The molecule has 1 aromatic carbocycles. The Morgan fingerprint density at radius 3 is 2.35 bits per heavy atom. The van der Waals surface area contributed by atoms with Gasteiger partial charge < -0.3 is 5.21 Å². The number of oxime groups is 1. The van der Waals surface area contributed by atoms with E-state index < -0.39 is 0 Å². The van der Waals surface area contributed by atoms with Crippen LogP contribution in [0.5, 0.6) is 0 Å². The first-order valence-corrected chi connectivity index (χ1v) is 6.03. The number of benzene rings is 1. The molecule has 92 valence electrons. The first-order valence-electron chi connectivity index (χ1n) is 6.03. The van der Waals surface area contributed by atoms with Crippen LogP contribution in [0.25, 0.3) is 0 Å². The number of rotatable bonds is 4. The summed E-state index contributed by atoms with van der Waals surface area (Å²) in [6.07, 6.45) is 1.55. The van der Waals surface area contributed by atoms with Gasteiger partial charge in [-0.3, -0.25) is 9.80 Å². The van der Waals surface area contributed by atoms with Crippen LogP contribution in [-0.2, 0) is 6.54 Å². The minimum Gasteiger partial charge on any atom is -0.411 e. The molecule has 0 amide bonds. The average molecular weight is 233 g/mol. The lowest BCUT2D eigenvalue weighted by Gasteiger charge is -2.33. The second kappa shape index (κ2) is 6.37. The summed E-state index contributed by atoms with van der Waals surface area (Å²) < 4.78 is 0. The van der Waals surface area contributed by atoms with Crippen molar-refractivity contribution in [3.05, 3.63) is 35.9 Å². The summed E-state index contributed by atoms with van der Waals surface area (Å²) in [7, 11) is 0. The Labute approximate surface area is 102 Å². The zero-order valence-electron chi connectivity index (χ0n) is 10.00. The van der Waals surface area contributed by atoms with Gasteiger partial charge in [0, 0.05) is 39.3 Å². The maximum absolute atomic E-state index is 8.38. The van der Waals surface area contributed by atoms with Crippen molar-refractivity contribution >= 4 is 6.21 Å². The van der Waals surface area contributed by atoms with E-state index in [2.05, 4.69) is 45.3 Å². The molecule has 1 aliphatic heterocycles. The highest BCUT2D eigenvalue weighted by Gasteiger charge is 2.15. The molecule has 1 aromatic rings. The molecule has 1 aliphatic rings. The molecule has 0 spiro atoms. The second-order valence-electron chi connectivity index (χ2n) is 4.36. The largest absolute Gasteiger partial charge is 0.411 e. The summed E-state index contributed by atoms with van der Waals surface area (Å²) in [6, 6.07) is 10.6. The van der Waals surface area contributed by atoms with Gasteiger partial charge in [-0.15, -0.1) is 5.16 Å². The SMILES string of the molecule is O/N=C/CN1CCN(Cc2ccccc2)CC1. The Balaban J connectivity index is 1.76. The number of hydrogen-bond acceptors (Lipinski definition) is 4. The summed E-state index contributed by atoms with van der Waals surface area (Å²) in [6.45, 7) is 6.01. The van der Waals surface area contributed by atoms with E-state index in [0.717, 1.165) is 39.3 Å². The number of hydrogen-bond donors (Lipinski definition) is 1. The maximum Gasteiger partial charge on any atom is 0.0576 e. The predicted molar refractivity (Wildman–Crippen MR) is 68.4 cm³/mol. The molecule has 0 unspecified atom stereocenters. The Hall–Kier alpha value is -1.39. The summed E-state index contributed by atoms with van der Waals surface area (Å²) in [5.74, 6) is 0. The zero-order chi connectivity index (χ0) is 11.9. The van der Waals surface area contributed by atoms with E-state index in [0.29, 0.717) is 0 Å². The van der Waals surface area contributed by atoms with Crippen LogP contribution >= 0.6 is 0 Å². The molecule has 0 saturated carbocycles. The van der Waals surface area contributed by atoms with Gasteiger partial charge in [-0.25, -0.2) is 0 Å². The number of nitrogens with zero attached hydrogens (tertiary/aromatic N) is 3. The van der Waals surface area contributed by atoms with Crippen molar-refractivity contribution in [1.82, 2.24) is 9.80 Å². The van der Waals surface area contributed by atoms with Crippen LogP contribution in [0.1, 0.15) is 5.56 Å². The third-order valence-corrected chi connectivity index (χ3v) is 3.14. The quantitative estimate of drug-likeness (QED) is 0.483. The molecule has 0 radical (unpaired) electrons. The van der Waals surface area contributed by atoms with Gasteiger partial charge in [0.05, 0.1) is 6.21 Å². The van der Waals surface area contributed by atoms with Crippen molar-refractivity contribution < 1.29 is 5.21 Å². The van der Waals surface area contributed by atoms with E-state index in [4.69, 9.17) is 5.21 Å². The monoisotopic (exact) mass is 233 g/mol. The Morgan fingerprint density at radius 1 is 1.06 bits per heavy atom. The second-order valence-corrected chi connectivity index (χ2v) is 4.36. The van der Waals surface area contributed by atoms with E-state index in [1.807, 2.05) is 0 Å². The molecule has 1 heterocycles. The van der Waals surface area contributed by atoms with E-state index in [9.17, 15) is 0 Å². The van der Waals surface area contributed by atoms with Gasteiger partial charge >= 0.3 is 0 Å².